The predicted molar refractivity (Wildman–Crippen MR) is 116 cm³/mol. The van der Waals surface area contributed by atoms with Crippen molar-refractivity contribution >= 4 is 5.97 Å². The molecule has 0 fully saturated rings. The van der Waals surface area contributed by atoms with E-state index in [1.807, 2.05) is 63.2 Å². The van der Waals surface area contributed by atoms with Crippen LogP contribution in [0, 0.1) is 5.41 Å². The molecule has 0 aliphatic carbocycles. The van der Waals surface area contributed by atoms with E-state index >= 15 is 0 Å². The number of carbonyl (C=O) groups is 1. The molecular weight excluding hydrogens is 364 g/mol. The van der Waals surface area contributed by atoms with Gasteiger partial charge in [-0.3, -0.25) is 0 Å². The summed E-state index contributed by atoms with van der Waals surface area (Å²) in [5.41, 5.74) is 0.947. The van der Waals surface area contributed by atoms with Crippen molar-refractivity contribution in [2.75, 3.05) is 13.2 Å². The van der Waals surface area contributed by atoms with Crippen molar-refractivity contribution in [3.05, 3.63) is 60.2 Å². The Hall–Kier alpha value is -2.33. The van der Waals surface area contributed by atoms with Crippen LogP contribution in [0.1, 0.15) is 53.0 Å². The Kier molecular flexibility index (Phi) is 8.27. The molecule has 0 N–H and O–H groups in total. The smallest absolute Gasteiger partial charge is 0.332 e. The van der Waals surface area contributed by atoms with Gasteiger partial charge in [0.15, 0.2) is 0 Å². The Morgan fingerprint density at radius 3 is 2.07 bits per heavy atom. The molecule has 0 saturated heterocycles. The van der Waals surface area contributed by atoms with Crippen LogP contribution in [0.15, 0.2) is 54.6 Å². The van der Waals surface area contributed by atoms with E-state index in [9.17, 15) is 4.79 Å². The number of aryl methyl sites for hydroxylation is 1. The molecule has 2 aromatic carbocycles. The molecule has 0 spiro atoms. The lowest BCUT2D eigenvalue weighted by atomic mass is 9.83. The molecule has 0 radical (unpaired) electrons. The summed E-state index contributed by atoms with van der Waals surface area (Å²) in [7, 11) is 0. The first-order valence-electron chi connectivity index (χ1n) is 10.2. The summed E-state index contributed by atoms with van der Waals surface area (Å²) in [5, 5.41) is 0. The highest BCUT2D eigenvalue weighted by molar-refractivity contribution is 5.71. The maximum absolute atomic E-state index is 11.7. The number of rotatable bonds is 10. The van der Waals surface area contributed by atoms with Gasteiger partial charge in [0.25, 0.3) is 0 Å². The topological polar surface area (TPSA) is 44.8 Å². The Labute approximate surface area is 175 Å². The fraction of sp³-hybridized carbons (Fsp3) is 0.480. The van der Waals surface area contributed by atoms with Gasteiger partial charge in [-0.25, -0.2) is 4.79 Å². The summed E-state index contributed by atoms with van der Waals surface area (Å²) in [4.78, 5) is 11.7. The monoisotopic (exact) mass is 398 g/mol. The first kappa shape index (κ1) is 23.0. The maximum atomic E-state index is 11.7. The van der Waals surface area contributed by atoms with Crippen LogP contribution in [-0.4, -0.2) is 24.8 Å². The normalized spacial score (nSPS) is 11.9. The van der Waals surface area contributed by atoms with Gasteiger partial charge in [-0.15, -0.1) is 0 Å². The van der Waals surface area contributed by atoms with Gasteiger partial charge in [0.1, 0.15) is 23.7 Å². The van der Waals surface area contributed by atoms with Crippen molar-refractivity contribution in [2.24, 2.45) is 5.41 Å². The molecule has 0 saturated carbocycles. The molecule has 0 amide bonds. The van der Waals surface area contributed by atoms with Gasteiger partial charge in [-0.05, 0) is 75.3 Å². The zero-order valence-corrected chi connectivity index (χ0v) is 18.4. The van der Waals surface area contributed by atoms with Crippen molar-refractivity contribution in [1.82, 2.24) is 0 Å². The number of hydrogen-bond donors (Lipinski definition) is 0. The van der Waals surface area contributed by atoms with Crippen molar-refractivity contribution in [2.45, 2.75) is 59.5 Å². The average Bonchev–Trinajstić information content (AvgIpc) is 2.64. The molecule has 158 valence electrons. The number of benzene rings is 2. The van der Waals surface area contributed by atoms with Gasteiger partial charge in [0, 0.05) is 6.61 Å². The first-order chi connectivity index (χ1) is 13.6. The number of para-hydroxylation sites is 1. The molecule has 0 unspecified atom stereocenters. The van der Waals surface area contributed by atoms with Crippen LogP contribution in [-0.2, 0) is 20.7 Å². The van der Waals surface area contributed by atoms with E-state index in [0.717, 1.165) is 30.8 Å². The molecule has 0 aliphatic rings. The van der Waals surface area contributed by atoms with Gasteiger partial charge in [-0.2, -0.15) is 0 Å². The van der Waals surface area contributed by atoms with Crippen LogP contribution in [0.5, 0.6) is 11.5 Å². The minimum Gasteiger partial charge on any atom is -0.458 e. The Morgan fingerprint density at radius 2 is 1.45 bits per heavy atom. The number of ether oxygens (including phenoxy) is 3. The van der Waals surface area contributed by atoms with E-state index in [0.29, 0.717) is 6.61 Å². The molecule has 0 aromatic heterocycles. The fourth-order valence-electron chi connectivity index (χ4n) is 2.83. The van der Waals surface area contributed by atoms with Crippen LogP contribution in [0.2, 0.25) is 0 Å². The Balaban J connectivity index is 1.70. The average molecular weight is 399 g/mol. The van der Waals surface area contributed by atoms with E-state index in [2.05, 4.69) is 26.0 Å². The molecule has 4 nitrogen and oxygen atoms in total. The number of esters is 1. The van der Waals surface area contributed by atoms with Crippen LogP contribution in [0.25, 0.3) is 0 Å². The molecule has 29 heavy (non-hydrogen) atoms. The highest BCUT2D eigenvalue weighted by Gasteiger charge is 2.19. The molecule has 0 bridgehead atoms. The summed E-state index contributed by atoms with van der Waals surface area (Å²) in [6, 6.07) is 18.0. The number of hydrogen-bond acceptors (Lipinski definition) is 4. The quantitative estimate of drug-likeness (QED) is 0.354. The standard InChI is InChI=1S/C25H34O4/c1-24(2,3)29-23(26)19-27-18-17-25(4,5)16-15-20-11-13-22(14-12-20)28-21-9-7-6-8-10-21/h6-14H,15-19H2,1-5H3. The van der Waals surface area contributed by atoms with E-state index < -0.39 is 5.60 Å². The largest absolute Gasteiger partial charge is 0.458 e. The summed E-state index contributed by atoms with van der Waals surface area (Å²) in [6.45, 7) is 10.6. The van der Waals surface area contributed by atoms with Gasteiger partial charge >= 0.3 is 5.97 Å². The molecule has 0 atom stereocenters. The second kappa shape index (κ2) is 10.4. The molecule has 2 aromatic rings. The third kappa shape index (κ3) is 9.62. The van der Waals surface area contributed by atoms with E-state index in [-0.39, 0.29) is 18.0 Å². The summed E-state index contributed by atoms with van der Waals surface area (Å²) < 4.78 is 16.6. The lowest BCUT2D eigenvalue weighted by Gasteiger charge is -2.25. The first-order valence-corrected chi connectivity index (χ1v) is 10.2. The lowest BCUT2D eigenvalue weighted by Crippen LogP contribution is -2.27. The van der Waals surface area contributed by atoms with Crippen molar-refractivity contribution in [3.63, 3.8) is 0 Å². The minimum atomic E-state index is -0.471. The van der Waals surface area contributed by atoms with E-state index in [4.69, 9.17) is 14.2 Å². The van der Waals surface area contributed by atoms with Crippen LogP contribution in [0.3, 0.4) is 0 Å². The maximum Gasteiger partial charge on any atom is 0.332 e. The van der Waals surface area contributed by atoms with Gasteiger partial charge < -0.3 is 14.2 Å². The zero-order valence-electron chi connectivity index (χ0n) is 18.4. The van der Waals surface area contributed by atoms with Gasteiger partial charge in [-0.1, -0.05) is 44.2 Å². The third-order valence-corrected chi connectivity index (χ3v) is 4.56. The van der Waals surface area contributed by atoms with Crippen molar-refractivity contribution < 1.29 is 19.0 Å². The number of carbonyl (C=O) groups excluding carboxylic acids is 1. The van der Waals surface area contributed by atoms with Crippen LogP contribution in [0.4, 0.5) is 0 Å². The predicted octanol–water partition coefficient (Wildman–Crippen LogP) is 6.19. The van der Waals surface area contributed by atoms with Crippen molar-refractivity contribution in [3.8, 4) is 11.5 Å². The van der Waals surface area contributed by atoms with Crippen LogP contribution < -0.4 is 4.74 Å². The minimum absolute atomic E-state index is 0.0101. The fourth-order valence-corrected chi connectivity index (χ4v) is 2.83. The van der Waals surface area contributed by atoms with E-state index in [1.165, 1.54) is 5.56 Å². The summed E-state index contributed by atoms with van der Waals surface area (Å²) in [6.07, 6.45) is 2.93. The third-order valence-electron chi connectivity index (χ3n) is 4.56. The van der Waals surface area contributed by atoms with Gasteiger partial charge in [0.2, 0.25) is 0 Å². The Bertz CT molecular complexity index is 743. The highest BCUT2D eigenvalue weighted by Crippen LogP contribution is 2.28. The van der Waals surface area contributed by atoms with Gasteiger partial charge in [0.05, 0.1) is 0 Å². The highest BCUT2D eigenvalue weighted by atomic mass is 16.6. The Morgan fingerprint density at radius 1 is 0.828 bits per heavy atom. The summed E-state index contributed by atoms with van der Waals surface area (Å²) in [5.74, 6) is 1.37. The molecule has 0 aliphatic heterocycles. The lowest BCUT2D eigenvalue weighted by molar-refractivity contribution is -0.160. The van der Waals surface area contributed by atoms with Crippen molar-refractivity contribution in [1.29, 1.82) is 0 Å². The summed E-state index contributed by atoms with van der Waals surface area (Å²) >= 11 is 0. The second-order valence-electron chi connectivity index (χ2n) is 9.11. The molecule has 2 rings (SSSR count). The zero-order chi connectivity index (χ0) is 21.3. The second-order valence-corrected chi connectivity index (χ2v) is 9.11. The molecule has 4 heteroatoms. The van der Waals surface area contributed by atoms with E-state index in [1.54, 1.807) is 0 Å². The molecular formula is C25H34O4. The van der Waals surface area contributed by atoms with Crippen LogP contribution >= 0.6 is 0 Å². The SMILES string of the molecule is CC(C)(CCOCC(=O)OC(C)(C)C)CCc1ccc(Oc2ccccc2)cc1. The molecule has 0 heterocycles.